The van der Waals surface area contributed by atoms with Crippen LogP contribution in [0.2, 0.25) is 0 Å². The van der Waals surface area contributed by atoms with Crippen molar-refractivity contribution >= 4 is 11.8 Å². The van der Waals surface area contributed by atoms with Gasteiger partial charge in [0.1, 0.15) is 11.9 Å². The number of aryl methyl sites for hydroxylation is 3. The van der Waals surface area contributed by atoms with Crippen molar-refractivity contribution in [3.63, 3.8) is 0 Å². The van der Waals surface area contributed by atoms with E-state index in [-0.39, 0.29) is 18.1 Å². The first-order valence-corrected chi connectivity index (χ1v) is 11.8. The summed E-state index contributed by atoms with van der Waals surface area (Å²) in [5.41, 5.74) is 4.63. The lowest BCUT2D eigenvalue weighted by molar-refractivity contribution is -0.147. The molecule has 0 saturated carbocycles. The molecular formula is C26H31N5O2. The van der Waals surface area contributed by atoms with Crippen LogP contribution in [0.4, 0.5) is 5.82 Å². The Balaban J connectivity index is 1.22. The minimum Gasteiger partial charge on any atom is -0.468 e. The Labute approximate surface area is 194 Å². The molecule has 1 aromatic carbocycles. The Hall–Kier alpha value is -3.19. The number of aromatic nitrogens is 3. The van der Waals surface area contributed by atoms with Crippen molar-refractivity contribution in [2.75, 3.05) is 32.1 Å². The Bertz CT molecular complexity index is 1100. The zero-order valence-electron chi connectivity index (χ0n) is 19.1. The first kappa shape index (κ1) is 21.6. The minimum atomic E-state index is -0.375. The summed E-state index contributed by atoms with van der Waals surface area (Å²) >= 11 is 0. The van der Waals surface area contributed by atoms with E-state index in [0.29, 0.717) is 0 Å². The summed E-state index contributed by atoms with van der Waals surface area (Å²) in [6.07, 6.45) is 9.18. The predicted molar refractivity (Wildman–Crippen MR) is 127 cm³/mol. The van der Waals surface area contributed by atoms with Gasteiger partial charge in [-0.25, -0.2) is 9.78 Å². The highest BCUT2D eigenvalue weighted by Crippen LogP contribution is 2.31. The van der Waals surface area contributed by atoms with Crippen LogP contribution in [-0.2, 0) is 28.8 Å². The molecule has 3 aromatic rings. The van der Waals surface area contributed by atoms with Gasteiger partial charge in [0.15, 0.2) is 0 Å². The van der Waals surface area contributed by atoms with Crippen LogP contribution >= 0.6 is 0 Å². The van der Waals surface area contributed by atoms with Crippen molar-refractivity contribution in [3.05, 3.63) is 77.2 Å². The number of nitrogens with one attached hydrogen (secondary N) is 1. The molecule has 1 N–H and O–H groups in total. The molecule has 2 aliphatic heterocycles. The number of ether oxygens (including phenoxy) is 1. The van der Waals surface area contributed by atoms with Gasteiger partial charge >= 0.3 is 5.97 Å². The number of hydrogen-bond donors (Lipinski definition) is 1. The number of likely N-dealkylation sites (tertiary alicyclic amines) is 1. The molecule has 2 aliphatic rings. The largest absolute Gasteiger partial charge is 0.468 e. The number of esters is 1. The zero-order chi connectivity index (χ0) is 22.6. The molecule has 1 unspecified atom stereocenters. The van der Waals surface area contributed by atoms with E-state index in [4.69, 9.17) is 9.72 Å². The number of benzene rings is 1. The van der Waals surface area contributed by atoms with Crippen LogP contribution in [0.25, 0.3) is 0 Å². The van der Waals surface area contributed by atoms with E-state index in [0.717, 1.165) is 62.4 Å². The molecule has 1 fully saturated rings. The molecule has 5 rings (SSSR count). The number of pyridine rings is 1. The van der Waals surface area contributed by atoms with Crippen molar-refractivity contribution in [2.24, 2.45) is 0 Å². The molecule has 7 heteroatoms. The Kier molecular flexibility index (Phi) is 6.39. The molecule has 172 valence electrons. The summed E-state index contributed by atoms with van der Waals surface area (Å²) in [6.45, 7) is 2.62. The summed E-state index contributed by atoms with van der Waals surface area (Å²) < 4.78 is 7.19. The molecule has 7 nitrogen and oxygen atoms in total. The molecule has 0 spiro atoms. The molecular weight excluding hydrogens is 414 g/mol. The minimum absolute atomic E-state index is 0.213. The van der Waals surface area contributed by atoms with Crippen LogP contribution in [0.15, 0.2) is 54.9 Å². The number of carbonyl (C=O) groups is 1. The maximum absolute atomic E-state index is 12.6. The maximum Gasteiger partial charge on any atom is 0.327 e. The number of carbonyl (C=O) groups excluding carboxylic acids is 1. The zero-order valence-corrected chi connectivity index (χ0v) is 19.1. The van der Waals surface area contributed by atoms with Gasteiger partial charge in [-0.05, 0) is 54.9 Å². The molecule has 0 radical (unpaired) electrons. The summed E-state index contributed by atoms with van der Waals surface area (Å²) in [7, 11) is 1.46. The smallest absolute Gasteiger partial charge is 0.327 e. The number of nitrogens with zero attached hydrogens (tertiary/aromatic N) is 4. The lowest BCUT2D eigenvalue weighted by Crippen LogP contribution is -2.33. The van der Waals surface area contributed by atoms with Gasteiger partial charge in [0.25, 0.3) is 0 Å². The lowest BCUT2D eigenvalue weighted by atomic mass is 10.1. The van der Waals surface area contributed by atoms with Crippen LogP contribution < -0.4 is 5.32 Å². The average Bonchev–Trinajstić information content (AvgIpc) is 3.53. The molecule has 2 atom stereocenters. The first-order valence-electron chi connectivity index (χ1n) is 11.8. The van der Waals surface area contributed by atoms with E-state index >= 15 is 0 Å². The summed E-state index contributed by atoms with van der Waals surface area (Å²) in [4.78, 5) is 19.6. The number of anilines is 1. The van der Waals surface area contributed by atoms with Gasteiger partial charge < -0.3 is 10.1 Å². The average molecular weight is 446 g/mol. The van der Waals surface area contributed by atoms with E-state index in [1.54, 1.807) is 0 Å². The Morgan fingerprint density at radius 1 is 1.21 bits per heavy atom. The van der Waals surface area contributed by atoms with Crippen LogP contribution in [-0.4, -0.2) is 52.4 Å². The number of methoxy groups -OCH3 is 1. The summed E-state index contributed by atoms with van der Waals surface area (Å²) in [6, 6.07) is 14.1. The number of hydrogen-bond acceptors (Lipinski definition) is 6. The van der Waals surface area contributed by atoms with Gasteiger partial charge in [-0.1, -0.05) is 36.4 Å². The van der Waals surface area contributed by atoms with Gasteiger partial charge in [0, 0.05) is 31.5 Å². The van der Waals surface area contributed by atoms with Gasteiger partial charge in [-0.2, -0.15) is 5.10 Å². The fraction of sp³-hybridized carbons (Fsp3) is 0.423. The predicted octanol–water partition coefficient (Wildman–Crippen LogP) is 3.58. The van der Waals surface area contributed by atoms with Crippen molar-refractivity contribution in [3.8, 4) is 0 Å². The standard InChI is InChI=1S/C26H31N5O2/c1-33-26(32)24(20-6-3-2-4-7-20)30-15-13-23(18-30)31-17-19(16-28-31)9-11-22-12-10-21-8-5-14-27-25(21)29-22/h2-4,6-7,10,12,16-17,23-24H,5,8-9,11,13-15,18H2,1H3,(H,27,29)/t23-,24?/m1/s1. The maximum atomic E-state index is 12.6. The van der Waals surface area contributed by atoms with Crippen LogP contribution in [0.3, 0.4) is 0 Å². The fourth-order valence-corrected chi connectivity index (χ4v) is 4.95. The van der Waals surface area contributed by atoms with E-state index in [1.165, 1.54) is 24.7 Å². The third-order valence-corrected chi connectivity index (χ3v) is 6.75. The second kappa shape index (κ2) is 9.75. The molecule has 4 heterocycles. The molecule has 0 amide bonds. The summed E-state index contributed by atoms with van der Waals surface area (Å²) in [5.74, 6) is 0.842. The topological polar surface area (TPSA) is 72.3 Å². The monoisotopic (exact) mass is 445 g/mol. The van der Waals surface area contributed by atoms with Crippen molar-refractivity contribution < 1.29 is 9.53 Å². The Morgan fingerprint density at radius 2 is 2.09 bits per heavy atom. The SMILES string of the molecule is COC(=O)C(c1ccccc1)N1CC[C@@H](n2cc(CCc3ccc4c(n3)NCCC4)cn2)C1. The first-order chi connectivity index (χ1) is 16.2. The van der Waals surface area contributed by atoms with E-state index in [9.17, 15) is 4.79 Å². The van der Waals surface area contributed by atoms with E-state index in [1.807, 2.05) is 36.5 Å². The van der Waals surface area contributed by atoms with Crippen molar-refractivity contribution in [1.82, 2.24) is 19.7 Å². The van der Waals surface area contributed by atoms with Gasteiger partial charge in [-0.15, -0.1) is 0 Å². The second-order valence-corrected chi connectivity index (χ2v) is 8.94. The van der Waals surface area contributed by atoms with Crippen LogP contribution in [0, 0.1) is 0 Å². The van der Waals surface area contributed by atoms with Crippen molar-refractivity contribution in [2.45, 2.75) is 44.2 Å². The third kappa shape index (κ3) is 4.78. The third-order valence-electron chi connectivity index (χ3n) is 6.75. The second-order valence-electron chi connectivity index (χ2n) is 8.94. The lowest BCUT2D eigenvalue weighted by Gasteiger charge is -2.26. The van der Waals surface area contributed by atoms with E-state index < -0.39 is 0 Å². The highest BCUT2D eigenvalue weighted by atomic mass is 16.5. The number of fused-ring (bicyclic) bond motifs is 1. The highest BCUT2D eigenvalue weighted by Gasteiger charge is 2.35. The van der Waals surface area contributed by atoms with E-state index in [2.05, 4.69) is 38.3 Å². The molecule has 0 bridgehead atoms. The van der Waals surface area contributed by atoms with Gasteiger partial charge in [-0.3, -0.25) is 9.58 Å². The molecule has 33 heavy (non-hydrogen) atoms. The van der Waals surface area contributed by atoms with Crippen LogP contribution in [0.1, 0.15) is 47.3 Å². The Morgan fingerprint density at radius 3 is 2.94 bits per heavy atom. The molecule has 2 aromatic heterocycles. The quantitative estimate of drug-likeness (QED) is 0.561. The van der Waals surface area contributed by atoms with Crippen molar-refractivity contribution in [1.29, 1.82) is 0 Å². The highest BCUT2D eigenvalue weighted by molar-refractivity contribution is 5.77. The number of rotatable bonds is 7. The molecule has 0 aliphatic carbocycles. The summed E-state index contributed by atoms with van der Waals surface area (Å²) in [5, 5.41) is 8.07. The van der Waals surface area contributed by atoms with Gasteiger partial charge in [0.05, 0.1) is 19.3 Å². The fourth-order valence-electron chi connectivity index (χ4n) is 4.95. The molecule has 1 saturated heterocycles. The normalized spacial score (nSPS) is 19.0. The van der Waals surface area contributed by atoms with Gasteiger partial charge in [0.2, 0.25) is 0 Å². The van der Waals surface area contributed by atoms with Crippen LogP contribution in [0.5, 0.6) is 0 Å².